The van der Waals surface area contributed by atoms with E-state index in [1.54, 1.807) is 30.5 Å². The van der Waals surface area contributed by atoms with E-state index in [4.69, 9.17) is 39.4 Å². The Hall–Kier alpha value is -2.80. The van der Waals surface area contributed by atoms with Crippen molar-refractivity contribution in [2.45, 2.75) is 31.8 Å². The van der Waals surface area contributed by atoms with Gasteiger partial charge in [-0.2, -0.15) is 0 Å². The van der Waals surface area contributed by atoms with Gasteiger partial charge in [-0.25, -0.2) is 4.98 Å². The molecule has 6 nitrogen and oxygen atoms in total. The van der Waals surface area contributed by atoms with Crippen LogP contribution < -0.4 is 16.2 Å². The molecular weight excluding hydrogens is 471 g/mol. The first-order valence-corrected chi connectivity index (χ1v) is 12.0. The fraction of sp³-hybridized carbons (Fsp3) is 0.308. The lowest BCUT2D eigenvalue weighted by Crippen LogP contribution is -2.29. The van der Waals surface area contributed by atoms with E-state index in [1.807, 2.05) is 25.1 Å². The van der Waals surface area contributed by atoms with Crippen molar-refractivity contribution in [1.29, 1.82) is 0 Å². The summed E-state index contributed by atoms with van der Waals surface area (Å²) in [5.41, 5.74) is 15.9. The van der Waals surface area contributed by atoms with Crippen LogP contribution in [0.3, 0.4) is 0 Å². The number of anilines is 1. The summed E-state index contributed by atoms with van der Waals surface area (Å²) >= 11 is 12.7. The maximum absolute atomic E-state index is 11.9. The molecule has 0 aliphatic carbocycles. The first-order valence-electron chi connectivity index (χ1n) is 11.2. The Morgan fingerprint density at radius 2 is 1.82 bits per heavy atom. The van der Waals surface area contributed by atoms with Gasteiger partial charge in [0.1, 0.15) is 6.10 Å². The van der Waals surface area contributed by atoms with Crippen LogP contribution in [-0.4, -0.2) is 35.9 Å². The number of nitrogens with zero attached hydrogens (tertiary/aromatic N) is 2. The largest absolute Gasteiger partial charge is 0.482 e. The van der Waals surface area contributed by atoms with Crippen LogP contribution in [0.15, 0.2) is 48.7 Å². The van der Waals surface area contributed by atoms with E-state index < -0.39 is 12.0 Å². The van der Waals surface area contributed by atoms with Crippen molar-refractivity contribution in [3.63, 3.8) is 0 Å². The summed E-state index contributed by atoms with van der Waals surface area (Å²) in [6.07, 6.45) is 3.29. The lowest BCUT2D eigenvalue weighted by Gasteiger charge is -2.30. The van der Waals surface area contributed by atoms with Gasteiger partial charge >= 0.3 is 0 Å². The van der Waals surface area contributed by atoms with Gasteiger partial charge in [-0.05, 0) is 87.3 Å². The van der Waals surface area contributed by atoms with Crippen LogP contribution in [0.2, 0.25) is 10.0 Å². The topological polar surface area (TPSA) is 94.5 Å². The molecule has 1 atom stereocenters. The number of hydrogen-bond donors (Lipinski definition) is 2. The number of rotatable bonds is 6. The highest BCUT2D eigenvalue weighted by molar-refractivity contribution is 6.36. The summed E-state index contributed by atoms with van der Waals surface area (Å²) in [5.74, 6) is 0.585. The van der Waals surface area contributed by atoms with Gasteiger partial charge < -0.3 is 21.1 Å². The lowest BCUT2D eigenvalue weighted by molar-refractivity contribution is 0.1000. The zero-order chi connectivity index (χ0) is 24.4. The molecule has 178 valence electrons. The number of hydrogen-bond acceptors (Lipinski definition) is 5. The second-order valence-corrected chi connectivity index (χ2v) is 9.56. The van der Waals surface area contributed by atoms with Gasteiger partial charge in [0.15, 0.2) is 11.6 Å². The smallest absolute Gasteiger partial charge is 0.248 e. The van der Waals surface area contributed by atoms with Crippen molar-refractivity contribution >= 4 is 34.9 Å². The molecule has 0 radical (unpaired) electrons. The van der Waals surface area contributed by atoms with Crippen LogP contribution in [-0.2, 0) is 0 Å². The maximum Gasteiger partial charge on any atom is 0.248 e. The molecule has 1 aromatic heterocycles. The van der Waals surface area contributed by atoms with Crippen LogP contribution in [0.4, 0.5) is 5.82 Å². The number of piperidine rings is 1. The van der Waals surface area contributed by atoms with Crippen molar-refractivity contribution in [3.8, 4) is 16.9 Å². The van der Waals surface area contributed by atoms with E-state index in [-0.39, 0.29) is 5.82 Å². The highest BCUT2D eigenvalue weighted by Gasteiger charge is 2.23. The Bertz CT molecular complexity index is 1190. The Balaban J connectivity index is 1.71. The molecular formula is C26H28Cl2N4O2. The summed E-state index contributed by atoms with van der Waals surface area (Å²) in [6.45, 7) is 3.86. The Labute approximate surface area is 209 Å². The molecule has 4 rings (SSSR count). The molecule has 0 saturated carbocycles. The van der Waals surface area contributed by atoms with Gasteiger partial charge in [-0.15, -0.1) is 0 Å². The molecule has 1 aliphatic rings. The molecule has 3 aromatic rings. The number of nitrogen functional groups attached to an aromatic ring is 1. The van der Waals surface area contributed by atoms with Crippen molar-refractivity contribution in [2.75, 3.05) is 25.9 Å². The second kappa shape index (κ2) is 10.2. The van der Waals surface area contributed by atoms with Gasteiger partial charge in [-0.3, -0.25) is 4.79 Å². The van der Waals surface area contributed by atoms with Crippen molar-refractivity contribution in [2.24, 2.45) is 5.73 Å². The number of likely N-dealkylation sites (tertiary alicyclic amines) is 1. The van der Waals surface area contributed by atoms with E-state index in [0.717, 1.165) is 42.6 Å². The number of pyridine rings is 1. The molecule has 1 fully saturated rings. The molecule has 1 saturated heterocycles. The number of halogens is 2. The first-order chi connectivity index (χ1) is 16.2. The monoisotopic (exact) mass is 498 g/mol. The molecule has 2 heterocycles. The highest BCUT2D eigenvalue weighted by Crippen LogP contribution is 2.39. The van der Waals surface area contributed by atoms with E-state index in [9.17, 15) is 4.79 Å². The minimum Gasteiger partial charge on any atom is -0.482 e. The average molecular weight is 499 g/mol. The zero-order valence-electron chi connectivity index (χ0n) is 19.2. The standard InChI is InChI=1S/C26H28Cl2N4O2/c1-15(24-21(27)4-3-5-22(24)28)34-23-13-18(14-31-25(23)29)19-7-6-17(26(30)33)12-20(19)16-8-10-32(2)11-9-16/h3-7,12-16H,8-11H2,1-2H3,(H2,29,31)(H2,30,33). The second-order valence-electron chi connectivity index (χ2n) is 8.75. The van der Waals surface area contributed by atoms with Crippen molar-refractivity contribution < 1.29 is 9.53 Å². The third kappa shape index (κ3) is 5.14. The molecule has 8 heteroatoms. The van der Waals surface area contributed by atoms with Gasteiger partial charge in [0.2, 0.25) is 5.91 Å². The van der Waals surface area contributed by atoms with Crippen molar-refractivity contribution in [3.05, 3.63) is 75.4 Å². The predicted octanol–water partition coefficient (Wildman–Crippen LogP) is 5.69. The quantitative estimate of drug-likeness (QED) is 0.455. The third-order valence-corrected chi connectivity index (χ3v) is 7.06. The van der Waals surface area contributed by atoms with Gasteiger partial charge in [0.05, 0.1) is 0 Å². The van der Waals surface area contributed by atoms with E-state index in [1.165, 1.54) is 0 Å². The molecule has 1 aliphatic heterocycles. The number of aromatic nitrogens is 1. The Morgan fingerprint density at radius 1 is 1.15 bits per heavy atom. The number of benzene rings is 2. The molecule has 0 spiro atoms. The van der Waals surface area contributed by atoms with Gasteiger partial charge in [0, 0.05) is 32.9 Å². The van der Waals surface area contributed by atoms with Crippen LogP contribution in [0, 0.1) is 0 Å². The normalized spacial score (nSPS) is 15.8. The van der Waals surface area contributed by atoms with Crippen LogP contribution in [0.5, 0.6) is 5.75 Å². The van der Waals surface area contributed by atoms with Gasteiger partial charge in [-0.1, -0.05) is 35.3 Å². The summed E-state index contributed by atoms with van der Waals surface area (Å²) < 4.78 is 6.18. The summed E-state index contributed by atoms with van der Waals surface area (Å²) in [7, 11) is 2.12. The van der Waals surface area contributed by atoms with Crippen LogP contribution in [0.25, 0.3) is 11.1 Å². The summed E-state index contributed by atoms with van der Waals surface area (Å²) in [4.78, 5) is 18.6. The number of nitrogens with two attached hydrogens (primary N) is 2. The minimum atomic E-state index is -0.439. The number of amides is 1. The lowest BCUT2D eigenvalue weighted by atomic mass is 9.84. The number of primary amides is 1. The molecule has 0 bridgehead atoms. The first kappa shape index (κ1) is 24.3. The van der Waals surface area contributed by atoms with E-state index in [0.29, 0.717) is 32.8 Å². The fourth-order valence-corrected chi connectivity index (χ4v) is 5.19. The van der Waals surface area contributed by atoms with Crippen molar-refractivity contribution in [1.82, 2.24) is 9.88 Å². The van der Waals surface area contributed by atoms with E-state index in [2.05, 4.69) is 16.9 Å². The number of ether oxygens (including phenoxy) is 1. The third-order valence-electron chi connectivity index (χ3n) is 6.40. The predicted molar refractivity (Wildman–Crippen MR) is 138 cm³/mol. The number of carbonyl (C=O) groups is 1. The molecule has 2 aromatic carbocycles. The fourth-order valence-electron chi connectivity index (χ4n) is 4.48. The van der Waals surface area contributed by atoms with E-state index >= 15 is 0 Å². The van der Waals surface area contributed by atoms with Gasteiger partial charge in [0.25, 0.3) is 0 Å². The molecule has 1 amide bonds. The maximum atomic E-state index is 11.9. The molecule has 4 N–H and O–H groups in total. The molecule has 34 heavy (non-hydrogen) atoms. The minimum absolute atomic E-state index is 0.272. The Kier molecular flexibility index (Phi) is 7.31. The number of carbonyl (C=O) groups excluding carboxylic acids is 1. The average Bonchev–Trinajstić information content (AvgIpc) is 2.80. The SMILES string of the molecule is CC(Oc1cc(-c2ccc(C(N)=O)cc2C2CCN(C)CC2)cnc1N)c1c(Cl)cccc1Cl. The Morgan fingerprint density at radius 3 is 2.47 bits per heavy atom. The summed E-state index contributed by atoms with van der Waals surface area (Å²) in [6, 6.07) is 12.8. The van der Waals surface area contributed by atoms with Crippen LogP contribution >= 0.6 is 23.2 Å². The molecule has 1 unspecified atom stereocenters. The van der Waals surface area contributed by atoms with Crippen LogP contribution in [0.1, 0.15) is 53.3 Å². The zero-order valence-corrected chi connectivity index (χ0v) is 20.7. The summed E-state index contributed by atoms with van der Waals surface area (Å²) in [5, 5.41) is 1.04. The highest BCUT2D eigenvalue weighted by atomic mass is 35.5.